The average molecular weight is 376 g/mol. The molecule has 0 aromatic carbocycles. The van der Waals surface area contributed by atoms with Crippen LogP contribution in [0.15, 0.2) is 48.6 Å². The molecule has 1 fully saturated rings. The van der Waals surface area contributed by atoms with Gasteiger partial charge in [-0.25, -0.2) is 0 Å². The maximum absolute atomic E-state index is 12.1. The molecule has 3 N–H and O–H groups in total. The van der Waals surface area contributed by atoms with Crippen molar-refractivity contribution in [3.63, 3.8) is 0 Å². The number of rotatable bonds is 12. The third kappa shape index (κ3) is 9.50. The summed E-state index contributed by atoms with van der Waals surface area (Å²) in [6, 6.07) is 0. The van der Waals surface area contributed by atoms with Crippen LogP contribution in [0, 0.1) is 11.8 Å². The van der Waals surface area contributed by atoms with Gasteiger partial charge >= 0.3 is 5.97 Å². The van der Waals surface area contributed by atoms with Gasteiger partial charge in [-0.1, -0.05) is 55.5 Å². The summed E-state index contributed by atoms with van der Waals surface area (Å²) in [5, 5.41) is 28.6. The van der Waals surface area contributed by atoms with Crippen LogP contribution in [-0.4, -0.2) is 39.3 Å². The van der Waals surface area contributed by atoms with E-state index in [1.54, 1.807) is 6.08 Å². The summed E-state index contributed by atoms with van der Waals surface area (Å²) >= 11 is 0. The third-order valence-corrected chi connectivity index (χ3v) is 4.61. The lowest BCUT2D eigenvalue weighted by molar-refractivity contribution is -0.137. The van der Waals surface area contributed by atoms with Crippen molar-refractivity contribution in [2.24, 2.45) is 11.8 Å². The van der Waals surface area contributed by atoms with Crippen molar-refractivity contribution in [1.29, 1.82) is 0 Å². The molecule has 5 heteroatoms. The van der Waals surface area contributed by atoms with E-state index >= 15 is 0 Å². The molecule has 0 aromatic heterocycles. The fourth-order valence-electron chi connectivity index (χ4n) is 3.10. The summed E-state index contributed by atoms with van der Waals surface area (Å²) < 4.78 is 0. The van der Waals surface area contributed by atoms with Gasteiger partial charge in [0.15, 0.2) is 0 Å². The number of aliphatic hydroxyl groups excluding tert-OH is 2. The first kappa shape index (κ1) is 23.1. The first-order valence-corrected chi connectivity index (χ1v) is 9.69. The van der Waals surface area contributed by atoms with Crippen LogP contribution in [0.2, 0.25) is 0 Å². The second-order valence-electron chi connectivity index (χ2n) is 6.84. The number of carbonyl (C=O) groups is 2. The first-order valence-electron chi connectivity index (χ1n) is 9.69. The maximum atomic E-state index is 12.1. The predicted octanol–water partition coefficient (Wildman–Crippen LogP) is 3.58. The Labute approximate surface area is 161 Å². The van der Waals surface area contributed by atoms with Crippen LogP contribution in [-0.2, 0) is 9.59 Å². The van der Waals surface area contributed by atoms with Gasteiger partial charge in [0.25, 0.3) is 0 Å². The van der Waals surface area contributed by atoms with E-state index in [0.29, 0.717) is 6.42 Å². The fraction of sp³-hybridized carbons (Fsp3) is 0.545. The second kappa shape index (κ2) is 13.2. The Kier molecular flexibility index (Phi) is 11.3. The molecule has 0 aliphatic heterocycles. The van der Waals surface area contributed by atoms with Crippen molar-refractivity contribution >= 4 is 11.8 Å². The molecule has 0 aromatic rings. The van der Waals surface area contributed by atoms with E-state index in [4.69, 9.17) is 5.11 Å². The van der Waals surface area contributed by atoms with Gasteiger partial charge in [-0.15, -0.1) is 0 Å². The van der Waals surface area contributed by atoms with E-state index in [1.807, 2.05) is 12.2 Å². The van der Waals surface area contributed by atoms with Gasteiger partial charge in [0.1, 0.15) is 5.78 Å². The predicted molar refractivity (Wildman–Crippen MR) is 106 cm³/mol. The highest BCUT2D eigenvalue weighted by atomic mass is 16.4. The topological polar surface area (TPSA) is 94.8 Å². The summed E-state index contributed by atoms with van der Waals surface area (Å²) in [7, 11) is 0. The number of carboxylic acids is 1. The van der Waals surface area contributed by atoms with Crippen LogP contribution in [0.25, 0.3) is 0 Å². The van der Waals surface area contributed by atoms with Gasteiger partial charge in [-0.3, -0.25) is 9.59 Å². The molecule has 0 bridgehead atoms. The average Bonchev–Trinajstić information content (AvgIpc) is 2.89. The Morgan fingerprint density at radius 1 is 1.15 bits per heavy atom. The van der Waals surface area contributed by atoms with E-state index in [1.165, 1.54) is 6.08 Å². The number of aliphatic hydroxyl groups is 2. The van der Waals surface area contributed by atoms with Crippen molar-refractivity contribution in [3.05, 3.63) is 48.6 Å². The minimum Gasteiger partial charge on any atom is -0.481 e. The van der Waals surface area contributed by atoms with Crippen molar-refractivity contribution in [2.75, 3.05) is 0 Å². The number of hydrogen-bond donors (Lipinski definition) is 3. The highest BCUT2D eigenvalue weighted by Crippen LogP contribution is 2.33. The van der Waals surface area contributed by atoms with Crippen LogP contribution in [0.1, 0.15) is 51.9 Å². The molecule has 0 saturated heterocycles. The minimum atomic E-state index is -0.961. The van der Waals surface area contributed by atoms with Crippen LogP contribution in [0.4, 0.5) is 0 Å². The molecule has 1 rings (SSSR count). The molecule has 150 valence electrons. The molecule has 27 heavy (non-hydrogen) atoms. The molecule has 1 aliphatic carbocycles. The minimum absolute atomic E-state index is 0.0297. The van der Waals surface area contributed by atoms with Crippen LogP contribution < -0.4 is 0 Å². The molecular formula is C22H32O5. The molecule has 0 heterocycles. The smallest absolute Gasteiger partial charge is 0.303 e. The van der Waals surface area contributed by atoms with Gasteiger partial charge in [0, 0.05) is 24.7 Å². The second-order valence-corrected chi connectivity index (χ2v) is 6.84. The zero-order valence-electron chi connectivity index (χ0n) is 16.0. The lowest BCUT2D eigenvalue weighted by Gasteiger charge is -2.16. The number of Topliss-reactive ketones (excluding diaryl/α,β-unsaturated/α-hetero) is 1. The van der Waals surface area contributed by atoms with Crippen molar-refractivity contribution in [2.45, 2.75) is 64.1 Å². The van der Waals surface area contributed by atoms with E-state index in [9.17, 15) is 19.8 Å². The summed E-state index contributed by atoms with van der Waals surface area (Å²) in [4.78, 5) is 22.7. The van der Waals surface area contributed by atoms with Gasteiger partial charge in [0.2, 0.25) is 0 Å². The summed E-state index contributed by atoms with van der Waals surface area (Å²) in [6.07, 6.45) is 17.4. The highest BCUT2D eigenvalue weighted by molar-refractivity contribution is 5.84. The van der Waals surface area contributed by atoms with Gasteiger partial charge < -0.3 is 15.3 Å². The number of allylic oxidation sites excluding steroid dienone is 6. The van der Waals surface area contributed by atoms with E-state index in [2.05, 4.69) is 31.2 Å². The molecule has 5 nitrogen and oxygen atoms in total. The normalized spacial score (nSPS) is 24.9. The SMILES string of the molecule is CC/C=C\C/C=C\C/C=C\C[C@@H]1C(=O)C[C@H](O)[C@@H]1/C=C/[C@@H](O)CCC(=O)O. The first-order chi connectivity index (χ1) is 13.0. The standard InChI is InChI=1S/C22H32O5/c1-2-3-4-5-6-7-8-9-10-11-18-19(21(25)16-20(18)24)14-12-17(23)13-15-22(26)27/h3-4,6-7,9-10,12,14,17-19,21,23,25H,2,5,8,11,13,15-16H2,1H3,(H,26,27)/b4-3-,7-6-,10-9-,14-12+/t17-,18+,19-,21+/m1/s1. The third-order valence-electron chi connectivity index (χ3n) is 4.61. The molecule has 0 radical (unpaired) electrons. The maximum Gasteiger partial charge on any atom is 0.303 e. The van der Waals surface area contributed by atoms with Crippen molar-refractivity contribution < 1.29 is 24.9 Å². The molecule has 0 amide bonds. The Morgan fingerprint density at radius 3 is 2.41 bits per heavy atom. The molecule has 0 spiro atoms. The number of ketones is 1. The van der Waals surface area contributed by atoms with E-state index < -0.39 is 18.2 Å². The quantitative estimate of drug-likeness (QED) is 0.453. The van der Waals surface area contributed by atoms with Gasteiger partial charge in [0.05, 0.1) is 12.2 Å². The number of aliphatic carboxylic acids is 1. The monoisotopic (exact) mass is 376 g/mol. The highest BCUT2D eigenvalue weighted by Gasteiger charge is 2.39. The number of carboxylic acid groups (broad SMARTS) is 1. The van der Waals surface area contributed by atoms with Crippen LogP contribution >= 0.6 is 0 Å². The molecular weight excluding hydrogens is 344 g/mol. The van der Waals surface area contributed by atoms with E-state index in [0.717, 1.165) is 19.3 Å². The van der Waals surface area contributed by atoms with E-state index in [-0.39, 0.29) is 36.9 Å². The van der Waals surface area contributed by atoms with Crippen molar-refractivity contribution in [3.8, 4) is 0 Å². The zero-order valence-corrected chi connectivity index (χ0v) is 16.0. The largest absolute Gasteiger partial charge is 0.481 e. The molecule has 0 unspecified atom stereocenters. The summed E-state index contributed by atoms with van der Waals surface area (Å²) in [5.74, 6) is -1.56. The Balaban J connectivity index is 2.48. The zero-order chi connectivity index (χ0) is 20.1. The molecule has 1 aliphatic rings. The van der Waals surface area contributed by atoms with Crippen molar-refractivity contribution in [1.82, 2.24) is 0 Å². The van der Waals surface area contributed by atoms with Crippen LogP contribution in [0.5, 0.6) is 0 Å². The fourth-order valence-corrected chi connectivity index (χ4v) is 3.10. The lowest BCUT2D eigenvalue weighted by atomic mass is 9.90. The number of hydrogen-bond acceptors (Lipinski definition) is 4. The lowest BCUT2D eigenvalue weighted by Crippen LogP contribution is -2.19. The van der Waals surface area contributed by atoms with Gasteiger partial charge in [-0.05, 0) is 32.1 Å². The summed E-state index contributed by atoms with van der Waals surface area (Å²) in [6.45, 7) is 2.10. The van der Waals surface area contributed by atoms with Gasteiger partial charge in [-0.2, -0.15) is 0 Å². The number of carbonyl (C=O) groups excluding carboxylic acids is 1. The molecule has 4 atom stereocenters. The Hall–Kier alpha value is -1.98. The Bertz CT molecular complexity index is 573. The summed E-state index contributed by atoms with van der Waals surface area (Å²) in [5.41, 5.74) is 0. The molecule has 1 saturated carbocycles. The van der Waals surface area contributed by atoms with Crippen LogP contribution in [0.3, 0.4) is 0 Å². The Morgan fingerprint density at radius 2 is 1.78 bits per heavy atom.